The summed E-state index contributed by atoms with van der Waals surface area (Å²) >= 11 is 0. The van der Waals surface area contributed by atoms with Crippen molar-refractivity contribution in [1.29, 1.82) is 0 Å². The number of carbonyl (C=O) groups is 2. The highest BCUT2D eigenvalue weighted by Gasteiger charge is 2.39. The molecule has 0 amide bonds. The minimum absolute atomic E-state index is 0.00490. The van der Waals surface area contributed by atoms with Crippen molar-refractivity contribution in [2.75, 3.05) is 0 Å². The lowest BCUT2D eigenvalue weighted by Crippen LogP contribution is -2.37. The molecule has 2 aliphatic rings. The number of esters is 1. The van der Waals surface area contributed by atoms with Gasteiger partial charge in [0, 0.05) is 0 Å². The number of hydrogen-bond acceptors (Lipinski definition) is 3. The molecule has 114 valence electrons. The van der Waals surface area contributed by atoms with E-state index in [1.165, 1.54) is 0 Å². The largest absolute Gasteiger partial charge is 0.481 e. The third kappa shape index (κ3) is 3.53. The van der Waals surface area contributed by atoms with Gasteiger partial charge in [-0.05, 0) is 56.8 Å². The van der Waals surface area contributed by atoms with Crippen molar-refractivity contribution in [3.63, 3.8) is 0 Å². The molecule has 0 aliphatic heterocycles. The molecule has 0 spiro atoms. The van der Waals surface area contributed by atoms with E-state index in [2.05, 4.69) is 0 Å². The van der Waals surface area contributed by atoms with E-state index in [-0.39, 0.29) is 23.9 Å². The Kier molecular flexibility index (Phi) is 5.06. The Morgan fingerprint density at radius 1 is 1.15 bits per heavy atom. The molecular formula is C16H26O4. The zero-order valence-corrected chi connectivity index (χ0v) is 12.5. The van der Waals surface area contributed by atoms with E-state index < -0.39 is 5.97 Å². The zero-order chi connectivity index (χ0) is 14.7. The van der Waals surface area contributed by atoms with Gasteiger partial charge >= 0.3 is 11.9 Å². The van der Waals surface area contributed by atoms with Crippen LogP contribution in [-0.2, 0) is 14.3 Å². The van der Waals surface area contributed by atoms with Crippen molar-refractivity contribution in [3.8, 4) is 0 Å². The van der Waals surface area contributed by atoms with Gasteiger partial charge < -0.3 is 9.84 Å². The summed E-state index contributed by atoms with van der Waals surface area (Å²) in [7, 11) is 0. The molecule has 0 saturated heterocycles. The highest BCUT2D eigenvalue weighted by Crippen LogP contribution is 2.43. The second-order valence-electron chi connectivity index (χ2n) is 6.55. The van der Waals surface area contributed by atoms with Crippen LogP contribution in [-0.4, -0.2) is 23.1 Å². The fourth-order valence-electron chi connectivity index (χ4n) is 3.63. The van der Waals surface area contributed by atoms with Crippen molar-refractivity contribution in [2.24, 2.45) is 23.7 Å². The average Bonchev–Trinajstić information content (AvgIpc) is 2.45. The molecule has 0 aromatic carbocycles. The fraction of sp³-hybridized carbons (Fsp3) is 0.875. The first-order chi connectivity index (χ1) is 9.51. The van der Waals surface area contributed by atoms with Gasteiger partial charge in [0.1, 0.15) is 6.10 Å². The predicted octanol–water partition coefficient (Wildman–Crippen LogP) is 3.25. The lowest BCUT2D eigenvalue weighted by atomic mass is 9.67. The quantitative estimate of drug-likeness (QED) is 0.804. The Hall–Kier alpha value is -1.06. The molecule has 0 radical (unpaired) electrons. The summed E-state index contributed by atoms with van der Waals surface area (Å²) in [5.74, 6) is 0.0762. The van der Waals surface area contributed by atoms with Gasteiger partial charge in [0.2, 0.25) is 0 Å². The van der Waals surface area contributed by atoms with Crippen LogP contribution in [0.3, 0.4) is 0 Å². The highest BCUT2D eigenvalue weighted by molar-refractivity contribution is 5.72. The minimum Gasteiger partial charge on any atom is -0.481 e. The average molecular weight is 282 g/mol. The summed E-state index contributed by atoms with van der Waals surface area (Å²) in [4.78, 5) is 23.0. The molecule has 20 heavy (non-hydrogen) atoms. The Labute approximate surface area is 120 Å². The van der Waals surface area contributed by atoms with E-state index in [0.29, 0.717) is 11.8 Å². The number of aliphatic carboxylic acids is 1. The van der Waals surface area contributed by atoms with Gasteiger partial charge in [-0.1, -0.05) is 13.8 Å². The van der Waals surface area contributed by atoms with Gasteiger partial charge in [0.15, 0.2) is 0 Å². The summed E-state index contributed by atoms with van der Waals surface area (Å²) in [5, 5.41) is 9.16. The molecule has 1 N–H and O–H groups in total. The lowest BCUT2D eigenvalue weighted by Gasteiger charge is -2.40. The second kappa shape index (κ2) is 6.59. The van der Waals surface area contributed by atoms with Gasteiger partial charge in [-0.3, -0.25) is 9.59 Å². The number of ether oxygens (including phenoxy) is 1. The van der Waals surface area contributed by atoms with Crippen LogP contribution in [0.25, 0.3) is 0 Å². The number of hydrogen-bond donors (Lipinski definition) is 1. The molecule has 2 aliphatic carbocycles. The third-order valence-corrected chi connectivity index (χ3v) is 5.21. The fourth-order valence-corrected chi connectivity index (χ4v) is 3.63. The van der Waals surface area contributed by atoms with Crippen LogP contribution >= 0.6 is 0 Å². The normalized spacial score (nSPS) is 34.9. The molecule has 0 aromatic heterocycles. The Bertz CT molecular complexity index is 365. The summed E-state index contributed by atoms with van der Waals surface area (Å²) in [6, 6.07) is 0. The van der Waals surface area contributed by atoms with E-state index in [4.69, 9.17) is 9.84 Å². The predicted molar refractivity (Wildman–Crippen MR) is 75.1 cm³/mol. The van der Waals surface area contributed by atoms with Crippen molar-refractivity contribution in [3.05, 3.63) is 0 Å². The van der Waals surface area contributed by atoms with Gasteiger partial charge in [-0.15, -0.1) is 0 Å². The Morgan fingerprint density at radius 2 is 1.85 bits per heavy atom. The van der Waals surface area contributed by atoms with Crippen LogP contribution in [0.2, 0.25) is 0 Å². The van der Waals surface area contributed by atoms with Gasteiger partial charge in [0.05, 0.1) is 11.8 Å². The van der Waals surface area contributed by atoms with E-state index in [0.717, 1.165) is 44.9 Å². The minimum atomic E-state index is -0.665. The summed E-state index contributed by atoms with van der Waals surface area (Å²) in [6.45, 7) is 3.89. The first-order valence-corrected chi connectivity index (χ1v) is 7.94. The van der Waals surface area contributed by atoms with Crippen LogP contribution < -0.4 is 0 Å². The summed E-state index contributed by atoms with van der Waals surface area (Å²) in [6.07, 6.45) is 6.29. The molecule has 0 heterocycles. The molecule has 4 nitrogen and oxygen atoms in total. The second-order valence-corrected chi connectivity index (χ2v) is 6.55. The van der Waals surface area contributed by atoms with Crippen LogP contribution in [0.1, 0.15) is 58.8 Å². The maximum atomic E-state index is 11.9. The first-order valence-electron chi connectivity index (χ1n) is 7.94. The number of carbonyl (C=O) groups excluding carboxylic acids is 1. The molecule has 4 heteroatoms. The molecule has 2 saturated carbocycles. The molecule has 5 atom stereocenters. The first kappa shape index (κ1) is 15.3. The Morgan fingerprint density at radius 3 is 2.50 bits per heavy atom. The van der Waals surface area contributed by atoms with E-state index in [1.807, 2.05) is 13.8 Å². The van der Waals surface area contributed by atoms with Gasteiger partial charge in [0.25, 0.3) is 0 Å². The monoisotopic (exact) mass is 282 g/mol. The molecule has 5 unspecified atom stereocenters. The SMILES string of the molecule is CCC(C)C(=O)OC1CCC2CCC(C(=O)O)CC2C1. The maximum absolute atomic E-state index is 11.9. The zero-order valence-electron chi connectivity index (χ0n) is 12.5. The highest BCUT2D eigenvalue weighted by atomic mass is 16.5. The van der Waals surface area contributed by atoms with Crippen molar-refractivity contribution in [2.45, 2.75) is 64.9 Å². The summed E-state index contributed by atoms with van der Waals surface area (Å²) < 4.78 is 5.60. The van der Waals surface area contributed by atoms with Crippen LogP contribution in [0, 0.1) is 23.7 Å². The van der Waals surface area contributed by atoms with Gasteiger partial charge in [-0.25, -0.2) is 0 Å². The third-order valence-electron chi connectivity index (χ3n) is 5.21. The van der Waals surface area contributed by atoms with Crippen molar-refractivity contribution >= 4 is 11.9 Å². The smallest absolute Gasteiger partial charge is 0.308 e. The molecule has 2 rings (SSSR count). The molecule has 0 aromatic rings. The Balaban J connectivity index is 1.88. The van der Waals surface area contributed by atoms with Gasteiger partial charge in [-0.2, -0.15) is 0 Å². The lowest BCUT2D eigenvalue weighted by molar-refractivity contribution is -0.158. The van der Waals surface area contributed by atoms with Crippen molar-refractivity contribution in [1.82, 2.24) is 0 Å². The topological polar surface area (TPSA) is 63.6 Å². The molecular weight excluding hydrogens is 256 g/mol. The number of carboxylic acids is 1. The van der Waals surface area contributed by atoms with Crippen LogP contribution in [0.4, 0.5) is 0 Å². The van der Waals surface area contributed by atoms with Crippen LogP contribution in [0.5, 0.6) is 0 Å². The molecule has 0 bridgehead atoms. The van der Waals surface area contributed by atoms with Crippen molar-refractivity contribution < 1.29 is 19.4 Å². The van der Waals surface area contributed by atoms with E-state index >= 15 is 0 Å². The number of rotatable bonds is 4. The van der Waals surface area contributed by atoms with E-state index in [9.17, 15) is 9.59 Å². The number of fused-ring (bicyclic) bond motifs is 1. The summed E-state index contributed by atoms with van der Waals surface area (Å²) in [5.41, 5.74) is 0. The number of carboxylic acid groups (broad SMARTS) is 1. The van der Waals surface area contributed by atoms with E-state index in [1.54, 1.807) is 0 Å². The maximum Gasteiger partial charge on any atom is 0.308 e. The standard InChI is InChI=1S/C16H26O4/c1-3-10(2)16(19)20-14-7-6-11-4-5-12(15(17)18)8-13(11)9-14/h10-14H,3-9H2,1-2H3,(H,17,18). The van der Waals surface area contributed by atoms with Crippen LogP contribution in [0.15, 0.2) is 0 Å². The molecule has 2 fully saturated rings.